The molecule has 5 aromatic rings. The van der Waals surface area contributed by atoms with Gasteiger partial charge >= 0.3 is 0 Å². The number of fused-ring (bicyclic) bond motifs is 2. The van der Waals surface area contributed by atoms with Crippen LogP contribution in [0.1, 0.15) is 44.3 Å². The fourth-order valence-electron chi connectivity index (χ4n) is 4.74. The van der Waals surface area contributed by atoms with Gasteiger partial charge < -0.3 is 14.7 Å². The molecule has 5 heteroatoms. The maximum absolute atomic E-state index is 7.81. The molecule has 0 saturated heterocycles. The number of benzene rings is 3. The molecule has 1 aliphatic heterocycles. The van der Waals surface area contributed by atoms with Crippen LogP contribution < -0.4 is 9.92 Å². The van der Waals surface area contributed by atoms with Crippen LogP contribution >= 0.6 is 0 Å². The summed E-state index contributed by atoms with van der Waals surface area (Å²) in [5.41, 5.74) is 3.97. The first kappa shape index (κ1) is 23.2. The third-order valence-electron chi connectivity index (χ3n) is 7.17. The number of para-hydroxylation sites is 1. The molecule has 0 atom stereocenters. The molecule has 0 aliphatic carbocycles. The monoisotopic (exact) mass is 739 g/mol. The van der Waals surface area contributed by atoms with E-state index < -0.39 is 21.8 Å². The second-order valence-electron chi connectivity index (χ2n) is 11.4. The van der Waals surface area contributed by atoms with Crippen molar-refractivity contribution in [1.29, 1.82) is 0 Å². The SMILES string of the molecule is C[Si](C)(C)c1ccc(-c2[c-]cccc2)nc1.[2H]C([2H])([2H])c1cnc(-c2[c-]ccc3c2Oc2ccccc2C3(C)C)cc1C([2H])([2H])[2H].[Ir]. The molecule has 1 aliphatic rings. The summed E-state index contributed by atoms with van der Waals surface area (Å²) in [5.74, 6) is 1.26. The summed E-state index contributed by atoms with van der Waals surface area (Å²) in [6.07, 6.45) is 3.14. The van der Waals surface area contributed by atoms with E-state index in [2.05, 4.69) is 67.7 Å². The molecule has 2 aromatic heterocycles. The van der Waals surface area contributed by atoms with E-state index in [1.807, 2.05) is 60.8 Å². The van der Waals surface area contributed by atoms with E-state index in [0.29, 0.717) is 22.8 Å². The molecule has 0 fully saturated rings. The van der Waals surface area contributed by atoms with Gasteiger partial charge in [-0.2, -0.15) is 0 Å². The van der Waals surface area contributed by atoms with Crippen molar-refractivity contribution in [3.05, 3.63) is 126 Å². The van der Waals surface area contributed by atoms with Crippen LogP contribution in [0, 0.1) is 25.8 Å². The van der Waals surface area contributed by atoms with E-state index in [-0.39, 0.29) is 36.6 Å². The first-order valence-corrected chi connectivity index (χ1v) is 16.8. The number of pyridine rings is 2. The van der Waals surface area contributed by atoms with Crippen LogP contribution in [0.3, 0.4) is 0 Å². The number of hydrogen-bond donors (Lipinski definition) is 0. The van der Waals surface area contributed by atoms with Gasteiger partial charge in [-0.15, -0.1) is 54.1 Å². The van der Waals surface area contributed by atoms with Crippen LogP contribution in [-0.2, 0) is 25.5 Å². The maximum atomic E-state index is 7.81. The molecular formula is C36H36IrN2OSi-2. The zero-order valence-electron chi connectivity index (χ0n) is 29.8. The molecule has 3 heterocycles. The Kier molecular flexibility index (Phi) is 6.93. The molecule has 3 nitrogen and oxygen atoms in total. The summed E-state index contributed by atoms with van der Waals surface area (Å²) < 4.78 is 52.6. The predicted molar refractivity (Wildman–Crippen MR) is 168 cm³/mol. The van der Waals surface area contributed by atoms with E-state index in [1.165, 1.54) is 11.3 Å². The first-order chi connectivity index (χ1) is 21.5. The van der Waals surface area contributed by atoms with E-state index in [1.54, 1.807) is 6.07 Å². The van der Waals surface area contributed by atoms with Crippen molar-refractivity contribution >= 4 is 13.3 Å². The largest absolute Gasteiger partial charge is 0.501 e. The third kappa shape index (κ3) is 6.43. The molecule has 0 spiro atoms. The summed E-state index contributed by atoms with van der Waals surface area (Å²) in [7, 11) is -1.23. The summed E-state index contributed by atoms with van der Waals surface area (Å²) in [6, 6.07) is 31.3. The number of aromatic nitrogens is 2. The molecule has 0 bridgehead atoms. The summed E-state index contributed by atoms with van der Waals surface area (Å²) in [6.45, 7) is 6.01. The second kappa shape index (κ2) is 12.2. The van der Waals surface area contributed by atoms with Crippen LogP contribution in [0.15, 0.2) is 91.3 Å². The number of aryl methyl sites for hydroxylation is 2. The average Bonchev–Trinajstić information content (AvgIpc) is 3.00. The van der Waals surface area contributed by atoms with Crippen LogP contribution in [0.25, 0.3) is 22.5 Å². The van der Waals surface area contributed by atoms with Gasteiger partial charge in [0.15, 0.2) is 0 Å². The molecule has 0 N–H and O–H groups in total. The Hall–Kier alpha value is -3.37. The maximum Gasteiger partial charge on any atom is 0.118 e. The van der Waals surface area contributed by atoms with Gasteiger partial charge in [0.2, 0.25) is 0 Å². The minimum Gasteiger partial charge on any atom is -0.501 e. The minimum absolute atomic E-state index is 0. The molecule has 41 heavy (non-hydrogen) atoms. The standard InChI is InChI=1S/C22H20NO.C14H16NSi.Ir/c1-14-12-19(23-13-15(14)2)16-8-7-10-18-21(16)24-20-11-6-5-9-17(20)22(18,3)4;1-16(2,3)13-9-10-14(15-11-13)12-7-5-4-6-8-12;/h5-7,9-13H,1-4H3;4-7,9-11H,1-3H3;/q2*-1;/i1D3,2D3;;. The van der Waals surface area contributed by atoms with Gasteiger partial charge in [0.05, 0.1) is 8.07 Å². The Balaban J connectivity index is 0.000000249. The Morgan fingerprint density at radius 1 is 0.780 bits per heavy atom. The van der Waals surface area contributed by atoms with Gasteiger partial charge in [-0.05, 0) is 41.9 Å². The topological polar surface area (TPSA) is 35.0 Å². The van der Waals surface area contributed by atoms with Crippen molar-refractivity contribution in [3.63, 3.8) is 0 Å². The normalized spacial score (nSPS) is 15.7. The van der Waals surface area contributed by atoms with E-state index >= 15 is 0 Å². The van der Waals surface area contributed by atoms with Gasteiger partial charge in [-0.1, -0.05) is 86.6 Å². The predicted octanol–water partition coefficient (Wildman–Crippen LogP) is 8.69. The molecule has 0 unspecified atom stereocenters. The van der Waals surface area contributed by atoms with Crippen LogP contribution in [0.4, 0.5) is 0 Å². The average molecular weight is 739 g/mol. The van der Waals surface area contributed by atoms with Crippen molar-refractivity contribution < 1.29 is 33.1 Å². The van der Waals surface area contributed by atoms with Gasteiger partial charge in [0.25, 0.3) is 0 Å². The van der Waals surface area contributed by atoms with Gasteiger partial charge in [0, 0.05) is 57.5 Å². The summed E-state index contributed by atoms with van der Waals surface area (Å²) >= 11 is 0. The number of hydrogen-bond acceptors (Lipinski definition) is 3. The fourth-order valence-corrected chi connectivity index (χ4v) is 5.78. The van der Waals surface area contributed by atoms with E-state index in [4.69, 9.17) is 13.0 Å². The van der Waals surface area contributed by atoms with E-state index in [0.717, 1.165) is 28.6 Å². The second-order valence-corrected chi connectivity index (χ2v) is 16.5. The van der Waals surface area contributed by atoms with Crippen LogP contribution in [0.5, 0.6) is 11.5 Å². The third-order valence-corrected chi connectivity index (χ3v) is 9.20. The molecule has 1 radical (unpaired) electrons. The molecule has 6 rings (SSSR count). The molecule has 211 valence electrons. The van der Waals surface area contributed by atoms with Crippen molar-refractivity contribution in [3.8, 4) is 34.0 Å². The molecular weight excluding hydrogens is 697 g/mol. The minimum atomic E-state index is -2.59. The fraction of sp³-hybridized carbons (Fsp3) is 0.222. The summed E-state index contributed by atoms with van der Waals surface area (Å²) in [4.78, 5) is 8.80. The van der Waals surface area contributed by atoms with Gasteiger partial charge in [-0.3, -0.25) is 0 Å². The Morgan fingerprint density at radius 2 is 1.54 bits per heavy atom. The van der Waals surface area contributed by atoms with Crippen molar-refractivity contribution in [1.82, 2.24) is 9.97 Å². The number of nitrogens with zero attached hydrogens (tertiary/aromatic N) is 2. The zero-order chi connectivity index (χ0) is 33.5. The smallest absolute Gasteiger partial charge is 0.118 e. The van der Waals surface area contributed by atoms with Gasteiger partial charge in [-0.25, -0.2) is 0 Å². The van der Waals surface area contributed by atoms with Crippen LogP contribution in [0.2, 0.25) is 19.6 Å². The van der Waals surface area contributed by atoms with Crippen molar-refractivity contribution in [2.45, 2.75) is 52.6 Å². The summed E-state index contributed by atoms with van der Waals surface area (Å²) in [5, 5.41) is 1.40. The number of ether oxygens (including phenoxy) is 1. The van der Waals surface area contributed by atoms with E-state index in [9.17, 15) is 0 Å². The van der Waals surface area contributed by atoms with Crippen molar-refractivity contribution in [2.75, 3.05) is 0 Å². The Labute approximate surface area is 267 Å². The Bertz CT molecular complexity index is 1850. The molecule has 0 amide bonds. The number of rotatable bonds is 3. The molecule has 3 aromatic carbocycles. The first-order valence-electron chi connectivity index (χ1n) is 16.3. The van der Waals surface area contributed by atoms with Crippen LogP contribution in [-0.4, -0.2) is 18.0 Å². The molecule has 0 saturated carbocycles. The van der Waals surface area contributed by atoms with Gasteiger partial charge in [0.1, 0.15) is 5.75 Å². The van der Waals surface area contributed by atoms with Crippen molar-refractivity contribution in [2.24, 2.45) is 0 Å². The Morgan fingerprint density at radius 3 is 2.22 bits per heavy atom. The zero-order valence-corrected chi connectivity index (χ0v) is 27.2. The quantitative estimate of drug-likeness (QED) is 0.137.